The molecule has 4 aromatic rings. The lowest BCUT2D eigenvalue weighted by Gasteiger charge is -2.09. The molecule has 0 amide bonds. The number of fused-ring (bicyclic) bond motifs is 1. The first-order valence-corrected chi connectivity index (χ1v) is 8.88. The molecule has 0 bridgehead atoms. The van der Waals surface area contributed by atoms with Crippen LogP contribution in [0.15, 0.2) is 42.6 Å². The summed E-state index contributed by atoms with van der Waals surface area (Å²) in [6, 6.07) is 13.7. The fraction of sp³-hybridized carbons (Fsp3) is 0.0909. The number of hydrogen-bond donors (Lipinski definition) is 2. The van der Waals surface area contributed by atoms with Gasteiger partial charge in [0, 0.05) is 22.5 Å². The summed E-state index contributed by atoms with van der Waals surface area (Å²) in [5.41, 5.74) is 2.33. The second kappa shape index (κ2) is 7.35. The van der Waals surface area contributed by atoms with Crippen LogP contribution in [0.4, 0.5) is 5.69 Å². The lowest BCUT2D eigenvalue weighted by molar-refractivity contribution is 0.425. The summed E-state index contributed by atoms with van der Waals surface area (Å²) >= 11 is 0. The number of ether oxygens (including phenoxy) is 1. The number of aromatic amines is 1. The van der Waals surface area contributed by atoms with Gasteiger partial charge in [-0.3, -0.25) is 5.10 Å². The topological polar surface area (TPSA) is 115 Å². The highest BCUT2D eigenvalue weighted by atomic mass is 16.5. The van der Waals surface area contributed by atoms with E-state index in [1.165, 1.54) is 6.07 Å². The Morgan fingerprint density at radius 1 is 1.20 bits per heavy atom. The number of aromatic hydroxyl groups is 1. The summed E-state index contributed by atoms with van der Waals surface area (Å²) in [6.07, 6.45) is 1.74. The molecule has 2 N–H and O–H groups in total. The van der Waals surface area contributed by atoms with Crippen LogP contribution in [0.3, 0.4) is 0 Å². The summed E-state index contributed by atoms with van der Waals surface area (Å²) in [5.74, 6) is 0.866. The van der Waals surface area contributed by atoms with E-state index in [1.807, 2.05) is 6.07 Å². The zero-order chi connectivity index (χ0) is 21.3. The predicted octanol–water partition coefficient (Wildman–Crippen LogP) is 4.51. The summed E-state index contributed by atoms with van der Waals surface area (Å²) in [4.78, 5) is 3.37. The molecular weight excluding hydrogens is 380 g/mol. The molecule has 8 nitrogen and oxygen atoms in total. The monoisotopic (exact) mass is 394 g/mol. The maximum Gasteiger partial charge on any atom is 0.199 e. The zero-order valence-corrected chi connectivity index (χ0v) is 15.8. The molecule has 2 aromatic heterocycles. The SMILES string of the molecule is [C-]#[N+]c1cc(C#N)cc(Oc2c(Cn3cc4cc(C#N)ccc4c3O)n[nH]c2C)c1. The Morgan fingerprint density at radius 2 is 2.00 bits per heavy atom. The van der Waals surface area contributed by atoms with Crippen molar-refractivity contribution in [1.29, 1.82) is 10.5 Å². The van der Waals surface area contributed by atoms with Gasteiger partial charge in [0.15, 0.2) is 17.3 Å². The highest BCUT2D eigenvalue weighted by Crippen LogP contribution is 2.33. The van der Waals surface area contributed by atoms with Crippen LogP contribution >= 0.6 is 0 Å². The maximum absolute atomic E-state index is 10.6. The summed E-state index contributed by atoms with van der Waals surface area (Å²) in [6.45, 7) is 9.20. The number of aromatic nitrogens is 3. The molecule has 0 spiro atoms. The van der Waals surface area contributed by atoms with Gasteiger partial charge in [-0.15, -0.1) is 0 Å². The minimum absolute atomic E-state index is 0.0582. The van der Waals surface area contributed by atoms with Crippen LogP contribution in [0, 0.1) is 36.2 Å². The third-order valence-corrected chi connectivity index (χ3v) is 4.64. The molecule has 0 radical (unpaired) electrons. The average Bonchev–Trinajstić information content (AvgIpc) is 3.27. The van der Waals surface area contributed by atoms with Gasteiger partial charge in [-0.25, -0.2) is 4.85 Å². The molecule has 4 rings (SSSR count). The Labute approximate surface area is 171 Å². The van der Waals surface area contributed by atoms with Gasteiger partial charge in [0.1, 0.15) is 11.4 Å². The number of aryl methyl sites for hydroxylation is 1. The van der Waals surface area contributed by atoms with Gasteiger partial charge in [-0.1, -0.05) is 0 Å². The third-order valence-electron chi connectivity index (χ3n) is 4.64. The largest absolute Gasteiger partial charge is 0.494 e. The van der Waals surface area contributed by atoms with E-state index < -0.39 is 0 Å². The van der Waals surface area contributed by atoms with Gasteiger partial charge in [0.25, 0.3) is 0 Å². The molecule has 0 unspecified atom stereocenters. The Bertz CT molecular complexity index is 1380. The fourth-order valence-electron chi connectivity index (χ4n) is 3.21. The quantitative estimate of drug-likeness (QED) is 0.494. The standard InChI is InChI=1S/C22H14N6O2/c1-13-21(30-18-7-15(10-24)6-17(8-18)25-2)20(27-26-13)12-28-11-16-5-14(9-23)3-4-19(16)22(28)29/h3-8,11,29H,12H2,1H3,(H,26,27). The molecule has 30 heavy (non-hydrogen) atoms. The van der Waals surface area contributed by atoms with E-state index in [4.69, 9.17) is 16.6 Å². The van der Waals surface area contributed by atoms with Crippen molar-refractivity contribution in [3.05, 3.63) is 76.5 Å². The maximum atomic E-state index is 10.6. The Hall–Kier alpha value is -4.74. The molecule has 0 saturated carbocycles. The lowest BCUT2D eigenvalue weighted by atomic mass is 10.1. The number of H-pyrrole nitrogens is 1. The first-order valence-electron chi connectivity index (χ1n) is 8.88. The van der Waals surface area contributed by atoms with Crippen LogP contribution in [0.5, 0.6) is 17.4 Å². The molecule has 0 aliphatic heterocycles. The van der Waals surface area contributed by atoms with Crippen LogP contribution in [0.2, 0.25) is 0 Å². The van der Waals surface area contributed by atoms with Crippen molar-refractivity contribution in [1.82, 2.24) is 14.8 Å². The van der Waals surface area contributed by atoms with Gasteiger partial charge in [-0.2, -0.15) is 15.6 Å². The zero-order valence-electron chi connectivity index (χ0n) is 15.8. The molecule has 0 atom stereocenters. The highest BCUT2D eigenvalue weighted by molar-refractivity contribution is 5.89. The number of hydrogen-bond acceptors (Lipinski definition) is 5. The molecular formula is C22H14N6O2. The molecule has 2 heterocycles. The van der Waals surface area contributed by atoms with Crippen molar-refractivity contribution in [2.75, 3.05) is 0 Å². The van der Waals surface area contributed by atoms with Crippen molar-refractivity contribution in [2.24, 2.45) is 0 Å². The minimum atomic E-state index is 0.0582. The van der Waals surface area contributed by atoms with Gasteiger partial charge < -0.3 is 14.4 Å². The van der Waals surface area contributed by atoms with Gasteiger partial charge in [0.05, 0.1) is 36.5 Å². The number of nitrogens with zero attached hydrogens (tertiary/aromatic N) is 5. The molecule has 0 fully saturated rings. The highest BCUT2D eigenvalue weighted by Gasteiger charge is 2.17. The molecule has 0 saturated heterocycles. The van der Waals surface area contributed by atoms with Crippen molar-refractivity contribution in [2.45, 2.75) is 13.5 Å². The summed E-state index contributed by atoms with van der Waals surface area (Å²) < 4.78 is 7.58. The van der Waals surface area contributed by atoms with E-state index >= 15 is 0 Å². The Kier molecular flexibility index (Phi) is 4.56. The number of nitriles is 2. The molecule has 0 aliphatic carbocycles. The second-order valence-electron chi connectivity index (χ2n) is 6.66. The van der Waals surface area contributed by atoms with E-state index in [1.54, 1.807) is 48.0 Å². The van der Waals surface area contributed by atoms with Crippen LogP contribution in [-0.2, 0) is 6.54 Å². The normalized spacial score (nSPS) is 10.3. The lowest BCUT2D eigenvalue weighted by Crippen LogP contribution is -2.00. The van der Waals surface area contributed by atoms with Crippen molar-refractivity contribution >= 4 is 16.5 Å². The predicted molar refractivity (Wildman–Crippen MR) is 108 cm³/mol. The molecule has 144 valence electrons. The second-order valence-corrected chi connectivity index (χ2v) is 6.66. The van der Waals surface area contributed by atoms with Gasteiger partial charge in [0.2, 0.25) is 0 Å². The molecule has 8 heteroatoms. The molecule has 0 aliphatic rings. The van der Waals surface area contributed by atoms with Crippen LogP contribution < -0.4 is 4.74 Å². The van der Waals surface area contributed by atoms with Crippen LogP contribution in [-0.4, -0.2) is 19.9 Å². The van der Waals surface area contributed by atoms with Crippen molar-refractivity contribution in [3.8, 4) is 29.5 Å². The van der Waals surface area contributed by atoms with E-state index in [2.05, 4.69) is 21.1 Å². The van der Waals surface area contributed by atoms with E-state index in [0.717, 1.165) is 5.39 Å². The summed E-state index contributed by atoms with van der Waals surface area (Å²) in [5, 5.41) is 37.3. The number of rotatable bonds is 4. The smallest absolute Gasteiger partial charge is 0.199 e. The average molecular weight is 394 g/mol. The molecule has 2 aromatic carbocycles. The van der Waals surface area contributed by atoms with Gasteiger partial charge in [-0.05, 0) is 43.3 Å². The third kappa shape index (κ3) is 3.28. The summed E-state index contributed by atoms with van der Waals surface area (Å²) in [7, 11) is 0. The van der Waals surface area contributed by atoms with Crippen LogP contribution in [0.1, 0.15) is 22.5 Å². The van der Waals surface area contributed by atoms with E-state index in [0.29, 0.717) is 45.1 Å². The van der Waals surface area contributed by atoms with Crippen molar-refractivity contribution < 1.29 is 9.84 Å². The van der Waals surface area contributed by atoms with Crippen LogP contribution in [0.25, 0.3) is 15.6 Å². The van der Waals surface area contributed by atoms with Gasteiger partial charge >= 0.3 is 0 Å². The first-order chi connectivity index (χ1) is 14.5. The Balaban J connectivity index is 1.70. The number of benzene rings is 2. The Morgan fingerprint density at radius 3 is 2.73 bits per heavy atom. The van der Waals surface area contributed by atoms with E-state index in [9.17, 15) is 10.4 Å². The number of nitrogens with one attached hydrogen (secondary N) is 1. The first kappa shape index (κ1) is 18.6. The minimum Gasteiger partial charge on any atom is -0.494 e. The van der Waals surface area contributed by atoms with E-state index in [-0.39, 0.29) is 12.4 Å². The fourth-order valence-corrected chi connectivity index (χ4v) is 3.21. The van der Waals surface area contributed by atoms with Crippen molar-refractivity contribution in [3.63, 3.8) is 0 Å².